The summed E-state index contributed by atoms with van der Waals surface area (Å²) in [6.07, 6.45) is 4.36. The van der Waals surface area contributed by atoms with Gasteiger partial charge in [-0.2, -0.15) is 4.31 Å². The van der Waals surface area contributed by atoms with Crippen molar-refractivity contribution in [2.24, 2.45) is 0 Å². The third kappa shape index (κ3) is 6.98. The monoisotopic (exact) mass is 524 g/mol. The minimum absolute atomic E-state index is 0.0410. The van der Waals surface area contributed by atoms with Gasteiger partial charge in [0.25, 0.3) is 0 Å². The average molecular weight is 525 g/mol. The number of carbonyl (C=O) groups is 1. The topological polar surface area (TPSA) is 82.6 Å². The maximum atomic E-state index is 13.1. The molecule has 9 nitrogen and oxygen atoms in total. The van der Waals surface area contributed by atoms with E-state index in [1.165, 1.54) is 17.8 Å². The minimum atomic E-state index is -3.69. The number of hydrogen-bond donors (Lipinski definition) is 0. The van der Waals surface area contributed by atoms with Crippen molar-refractivity contribution >= 4 is 15.9 Å². The van der Waals surface area contributed by atoms with Gasteiger partial charge in [0.1, 0.15) is 12.4 Å². The highest BCUT2D eigenvalue weighted by atomic mass is 32.2. The maximum Gasteiger partial charge on any atom is 0.248 e. The standard InChI is InChI=1S/C26H44N4O5S/c1-20-16-24(34-6)17-21(2)26(20)36(32,33)28(4)14-15-35-19-25(31)29(5)22-8-7-9-23(18-22)30-12-10-27(3)11-13-30/h16-17,22-23H,7-15,18-19H2,1-6H3/t22?,23-/m0/s1. The van der Waals surface area contributed by atoms with Gasteiger partial charge in [-0.3, -0.25) is 9.69 Å². The molecule has 1 aromatic carbocycles. The van der Waals surface area contributed by atoms with E-state index in [1.807, 2.05) is 11.9 Å². The van der Waals surface area contributed by atoms with Gasteiger partial charge in [0, 0.05) is 58.9 Å². The quantitative estimate of drug-likeness (QED) is 0.433. The van der Waals surface area contributed by atoms with Gasteiger partial charge in [-0.05, 0) is 69.8 Å². The normalized spacial score (nSPS) is 22.1. The second-order valence-electron chi connectivity index (χ2n) is 10.3. The molecule has 0 aromatic heterocycles. The number of likely N-dealkylation sites (N-methyl/N-ethyl adjacent to an activating group) is 3. The highest BCUT2D eigenvalue weighted by Gasteiger charge is 2.32. The number of amides is 1. The Morgan fingerprint density at radius 3 is 2.33 bits per heavy atom. The van der Waals surface area contributed by atoms with E-state index >= 15 is 0 Å². The Balaban J connectivity index is 1.46. The van der Waals surface area contributed by atoms with Gasteiger partial charge in [0.2, 0.25) is 15.9 Å². The van der Waals surface area contributed by atoms with Crippen LogP contribution in [0.25, 0.3) is 0 Å². The molecular formula is C26H44N4O5S. The first-order chi connectivity index (χ1) is 17.0. The lowest BCUT2D eigenvalue weighted by molar-refractivity contribution is -0.138. The Labute approximate surface area is 217 Å². The Hall–Kier alpha value is -1.72. The van der Waals surface area contributed by atoms with Gasteiger partial charge in [0.15, 0.2) is 0 Å². The van der Waals surface area contributed by atoms with Crippen LogP contribution in [0.4, 0.5) is 0 Å². The van der Waals surface area contributed by atoms with Crippen molar-refractivity contribution in [1.29, 1.82) is 0 Å². The molecule has 1 unspecified atom stereocenters. The van der Waals surface area contributed by atoms with Gasteiger partial charge >= 0.3 is 0 Å². The van der Waals surface area contributed by atoms with Crippen LogP contribution in [-0.4, -0.2) is 120 Å². The molecule has 204 valence electrons. The number of piperazine rings is 1. The molecule has 1 aliphatic heterocycles. The maximum absolute atomic E-state index is 13.1. The fourth-order valence-electron chi connectivity index (χ4n) is 5.38. The van der Waals surface area contributed by atoms with Crippen LogP contribution in [0.15, 0.2) is 17.0 Å². The SMILES string of the molecule is COc1cc(C)c(S(=O)(=O)N(C)CCOCC(=O)N(C)C2CCC[C@H](N3CCN(C)CC3)C2)c(C)c1. The molecule has 1 saturated carbocycles. The van der Waals surface area contributed by atoms with Crippen molar-refractivity contribution in [3.05, 3.63) is 23.3 Å². The van der Waals surface area contributed by atoms with Gasteiger partial charge in [-0.15, -0.1) is 0 Å². The minimum Gasteiger partial charge on any atom is -0.497 e. The fourth-order valence-corrected chi connectivity index (χ4v) is 6.94. The van der Waals surface area contributed by atoms with E-state index in [1.54, 1.807) is 33.1 Å². The van der Waals surface area contributed by atoms with Crippen LogP contribution in [0, 0.1) is 13.8 Å². The number of sulfonamides is 1. The highest BCUT2D eigenvalue weighted by Crippen LogP contribution is 2.28. The molecule has 3 rings (SSSR count). The third-order valence-electron chi connectivity index (χ3n) is 7.73. The molecule has 2 atom stereocenters. The van der Waals surface area contributed by atoms with Crippen molar-refractivity contribution in [2.75, 3.05) is 74.2 Å². The van der Waals surface area contributed by atoms with E-state index in [4.69, 9.17) is 9.47 Å². The summed E-state index contributed by atoms with van der Waals surface area (Å²) in [5, 5.41) is 0. The van der Waals surface area contributed by atoms with Crippen molar-refractivity contribution in [3.8, 4) is 5.75 Å². The third-order valence-corrected chi connectivity index (χ3v) is 9.89. The summed E-state index contributed by atoms with van der Waals surface area (Å²) in [5.74, 6) is 0.580. The Kier molecular flexibility index (Phi) is 10.2. The van der Waals surface area contributed by atoms with E-state index < -0.39 is 10.0 Å². The molecule has 0 radical (unpaired) electrons. The molecule has 2 aliphatic rings. The van der Waals surface area contributed by atoms with Gasteiger partial charge in [-0.1, -0.05) is 0 Å². The zero-order valence-electron chi connectivity index (χ0n) is 22.8. The molecule has 1 amide bonds. The number of hydrogen-bond acceptors (Lipinski definition) is 7. The van der Waals surface area contributed by atoms with Crippen LogP contribution in [0.1, 0.15) is 36.8 Å². The number of ether oxygens (including phenoxy) is 2. The van der Waals surface area contributed by atoms with E-state index in [0.717, 1.165) is 45.4 Å². The number of carbonyl (C=O) groups excluding carboxylic acids is 1. The Bertz CT molecular complexity index is 971. The summed E-state index contributed by atoms with van der Waals surface area (Å²) < 4.78 is 38.4. The number of methoxy groups -OCH3 is 1. The molecule has 0 N–H and O–H groups in total. The smallest absolute Gasteiger partial charge is 0.248 e. The van der Waals surface area contributed by atoms with Gasteiger partial charge in [-0.25, -0.2) is 8.42 Å². The summed E-state index contributed by atoms with van der Waals surface area (Å²) in [7, 11) is 3.45. The van der Waals surface area contributed by atoms with Crippen LogP contribution in [0.5, 0.6) is 5.75 Å². The van der Waals surface area contributed by atoms with Crippen molar-refractivity contribution < 1.29 is 22.7 Å². The predicted molar refractivity (Wildman–Crippen MR) is 141 cm³/mol. The summed E-state index contributed by atoms with van der Waals surface area (Å²) in [6.45, 7) is 8.21. The average Bonchev–Trinajstić information content (AvgIpc) is 2.85. The largest absolute Gasteiger partial charge is 0.497 e. The van der Waals surface area contributed by atoms with Crippen LogP contribution < -0.4 is 4.74 Å². The second-order valence-corrected chi connectivity index (χ2v) is 12.3. The molecule has 0 spiro atoms. The van der Waals surface area contributed by atoms with Gasteiger partial charge < -0.3 is 19.3 Å². The van der Waals surface area contributed by atoms with Crippen molar-refractivity contribution in [3.63, 3.8) is 0 Å². The fraction of sp³-hybridized carbons (Fsp3) is 0.731. The molecule has 1 aromatic rings. The van der Waals surface area contributed by atoms with E-state index in [-0.39, 0.29) is 36.6 Å². The van der Waals surface area contributed by atoms with Crippen LogP contribution in [0.3, 0.4) is 0 Å². The molecule has 1 heterocycles. The lowest BCUT2D eigenvalue weighted by Crippen LogP contribution is -2.52. The molecule has 2 fully saturated rings. The number of nitrogens with zero attached hydrogens (tertiary/aromatic N) is 4. The molecule has 0 bridgehead atoms. The zero-order valence-corrected chi connectivity index (χ0v) is 23.6. The number of aryl methyl sites for hydroxylation is 2. The van der Waals surface area contributed by atoms with E-state index in [0.29, 0.717) is 22.9 Å². The zero-order chi connectivity index (χ0) is 26.5. The van der Waals surface area contributed by atoms with Gasteiger partial charge in [0.05, 0.1) is 18.6 Å². The molecule has 1 saturated heterocycles. The summed E-state index contributed by atoms with van der Waals surface area (Å²) in [5.41, 5.74) is 1.28. The van der Waals surface area contributed by atoms with Crippen LogP contribution in [0.2, 0.25) is 0 Å². The summed E-state index contributed by atoms with van der Waals surface area (Å²) >= 11 is 0. The molecule has 36 heavy (non-hydrogen) atoms. The van der Waals surface area contributed by atoms with E-state index in [9.17, 15) is 13.2 Å². The molecule has 1 aliphatic carbocycles. The van der Waals surface area contributed by atoms with Crippen LogP contribution >= 0.6 is 0 Å². The lowest BCUT2D eigenvalue weighted by atomic mass is 9.88. The lowest BCUT2D eigenvalue weighted by Gasteiger charge is -2.43. The highest BCUT2D eigenvalue weighted by molar-refractivity contribution is 7.89. The first kappa shape index (κ1) is 28.8. The first-order valence-corrected chi connectivity index (χ1v) is 14.4. The summed E-state index contributed by atoms with van der Waals surface area (Å²) in [4.78, 5) is 19.9. The summed E-state index contributed by atoms with van der Waals surface area (Å²) in [6, 6.07) is 4.21. The van der Waals surface area contributed by atoms with E-state index in [2.05, 4.69) is 16.8 Å². The first-order valence-electron chi connectivity index (χ1n) is 12.9. The second kappa shape index (κ2) is 12.7. The Morgan fingerprint density at radius 1 is 1.08 bits per heavy atom. The number of rotatable bonds is 10. The van der Waals surface area contributed by atoms with Crippen LogP contribution in [-0.2, 0) is 19.6 Å². The predicted octanol–water partition coefficient (Wildman–Crippen LogP) is 1.97. The Morgan fingerprint density at radius 2 is 1.72 bits per heavy atom. The molecular weight excluding hydrogens is 480 g/mol. The number of benzene rings is 1. The van der Waals surface area contributed by atoms with Crippen molar-refractivity contribution in [2.45, 2.75) is 56.5 Å². The molecule has 10 heteroatoms. The van der Waals surface area contributed by atoms with Crippen molar-refractivity contribution in [1.82, 2.24) is 19.0 Å².